The van der Waals surface area contributed by atoms with Gasteiger partial charge in [0.25, 0.3) is 0 Å². The van der Waals surface area contributed by atoms with Crippen LogP contribution in [0.3, 0.4) is 0 Å². The molecule has 0 unspecified atom stereocenters. The second kappa shape index (κ2) is 6.57. The lowest BCUT2D eigenvalue weighted by molar-refractivity contribution is -0.0355. The van der Waals surface area contributed by atoms with Crippen LogP contribution >= 0.6 is 0 Å². The first-order valence-corrected chi connectivity index (χ1v) is 10.0. The normalized spacial score (nSPS) is 32.9. The molecule has 0 amide bonds. The lowest BCUT2D eigenvalue weighted by atomic mass is 9.52. The maximum Gasteiger partial charge on any atom is 0.0273 e. The number of pyridine rings is 1. The molecule has 4 saturated carbocycles. The number of benzene rings is 1. The van der Waals surface area contributed by atoms with E-state index in [1.165, 1.54) is 48.9 Å². The SMILES string of the molecule is c1cc(-c2ccc(CNCC3C4CC5CC(C4)CC3C5)cc2)ccn1. The van der Waals surface area contributed by atoms with Crippen molar-refractivity contribution in [2.45, 2.75) is 38.6 Å². The van der Waals surface area contributed by atoms with Crippen LogP contribution in [0.2, 0.25) is 0 Å². The molecular formula is C23H28N2. The first-order chi connectivity index (χ1) is 12.3. The number of nitrogens with one attached hydrogen (secondary N) is 1. The Morgan fingerprint density at radius 2 is 1.36 bits per heavy atom. The predicted molar refractivity (Wildman–Crippen MR) is 102 cm³/mol. The molecule has 0 spiro atoms. The molecule has 2 aromatic rings. The molecule has 130 valence electrons. The fourth-order valence-electron chi connectivity index (χ4n) is 6.11. The van der Waals surface area contributed by atoms with Crippen molar-refractivity contribution in [2.75, 3.05) is 6.54 Å². The molecule has 4 aliphatic carbocycles. The zero-order valence-electron chi connectivity index (χ0n) is 14.9. The lowest BCUT2D eigenvalue weighted by Gasteiger charge is -2.54. The van der Waals surface area contributed by atoms with E-state index >= 15 is 0 Å². The fourth-order valence-corrected chi connectivity index (χ4v) is 6.11. The minimum atomic E-state index is 0.948. The molecule has 0 saturated heterocycles. The smallest absolute Gasteiger partial charge is 0.0273 e. The van der Waals surface area contributed by atoms with Crippen molar-refractivity contribution in [3.63, 3.8) is 0 Å². The Morgan fingerprint density at radius 3 is 2.00 bits per heavy atom. The molecule has 2 nitrogen and oxygen atoms in total. The molecule has 1 aromatic heterocycles. The minimum Gasteiger partial charge on any atom is -0.312 e. The van der Waals surface area contributed by atoms with Gasteiger partial charge in [-0.25, -0.2) is 0 Å². The summed E-state index contributed by atoms with van der Waals surface area (Å²) in [5, 5.41) is 3.78. The van der Waals surface area contributed by atoms with Crippen molar-refractivity contribution in [1.82, 2.24) is 10.3 Å². The summed E-state index contributed by atoms with van der Waals surface area (Å²) in [6.45, 7) is 2.22. The van der Waals surface area contributed by atoms with Crippen molar-refractivity contribution in [2.24, 2.45) is 29.6 Å². The van der Waals surface area contributed by atoms with Crippen LogP contribution in [0.15, 0.2) is 48.8 Å². The first kappa shape index (κ1) is 15.6. The standard InChI is InChI=1S/C23H28N2/c1-3-19(20-5-7-24-8-6-20)4-2-16(1)14-25-15-23-21-10-17-9-18(12-21)13-22(23)11-17/h1-8,17-18,21-23,25H,9-15H2. The average Bonchev–Trinajstić information content (AvgIpc) is 2.65. The summed E-state index contributed by atoms with van der Waals surface area (Å²) in [5.74, 6) is 5.17. The van der Waals surface area contributed by atoms with Crippen LogP contribution < -0.4 is 5.32 Å². The van der Waals surface area contributed by atoms with Gasteiger partial charge in [-0.3, -0.25) is 4.98 Å². The van der Waals surface area contributed by atoms with Gasteiger partial charge in [0.15, 0.2) is 0 Å². The Labute approximate surface area is 151 Å². The number of hydrogen-bond acceptors (Lipinski definition) is 2. The molecular weight excluding hydrogens is 304 g/mol. The summed E-state index contributed by atoms with van der Waals surface area (Å²) in [7, 11) is 0. The highest BCUT2D eigenvalue weighted by atomic mass is 14.9. The Balaban J connectivity index is 1.17. The van der Waals surface area contributed by atoms with E-state index in [1.54, 1.807) is 6.42 Å². The van der Waals surface area contributed by atoms with Crippen LogP contribution in [0.4, 0.5) is 0 Å². The third-order valence-corrected chi connectivity index (χ3v) is 7.10. The molecule has 1 aromatic carbocycles. The van der Waals surface area contributed by atoms with E-state index in [1.807, 2.05) is 12.4 Å². The van der Waals surface area contributed by atoms with Gasteiger partial charge in [-0.05, 0) is 97.1 Å². The molecule has 0 radical (unpaired) electrons. The summed E-state index contributed by atoms with van der Waals surface area (Å²) < 4.78 is 0. The van der Waals surface area contributed by atoms with Crippen LogP contribution in [0.1, 0.15) is 37.7 Å². The maximum atomic E-state index is 4.09. The van der Waals surface area contributed by atoms with Crippen molar-refractivity contribution >= 4 is 0 Å². The summed E-state index contributed by atoms with van der Waals surface area (Å²) in [6, 6.07) is 13.1. The third-order valence-electron chi connectivity index (χ3n) is 7.10. The Kier molecular flexibility index (Phi) is 4.09. The van der Waals surface area contributed by atoms with Gasteiger partial charge in [-0.2, -0.15) is 0 Å². The molecule has 0 atom stereocenters. The third kappa shape index (κ3) is 3.13. The lowest BCUT2D eigenvalue weighted by Crippen LogP contribution is -2.48. The largest absolute Gasteiger partial charge is 0.312 e. The Hall–Kier alpha value is -1.67. The van der Waals surface area contributed by atoms with Crippen molar-refractivity contribution in [1.29, 1.82) is 0 Å². The highest BCUT2D eigenvalue weighted by molar-refractivity contribution is 5.62. The molecule has 4 aliphatic rings. The number of aromatic nitrogens is 1. The van der Waals surface area contributed by atoms with Gasteiger partial charge >= 0.3 is 0 Å². The second-order valence-corrected chi connectivity index (χ2v) is 8.66. The number of hydrogen-bond donors (Lipinski definition) is 1. The summed E-state index contributed by atoms with van der Waals surface area (Å²) in [6.07, 6.45) is 11.4. The quantitative estimate of drug-likeness (QED) is 0.841. The molecule has 4 bridgehead atoms. The van der Waals surface area contributed by atoms with Crippen LogP contribution in [0.5, 0.6) is 0 Å². The molecule has 1 heterocycles. The van der Waals surface area contributed by atoms with Crippen LogP contribution in [-0.4, -0.2) is 11.5 Å². The van der Waals surface area contributed by atoms with E-state index in [4.69, 9.17) is 0 Å². The van der Waals surface area contributed by atoms with E-state index in [0.29, 0.717) is 0 Å². The Bertz CT molecular complexity index is 679. The molecule has 4 fully saturated rings. The topological polar surface area (TPSA) is 24.9 Å². The maximum absolute atomic E-state index is 4.09. The second-order valence-electron chi connectivity index (χ2n) is 8.66. The van der Waals surface area contributed by atoms with Gasteiger partial charge < -0.3 is 5.32 Å². The van der Waals surface area contributed by atoms with E-state index in [-0.39, 0.29) is 0 Å². The fraction of sp³-hybridized carbons (Fsp3) is 0.522. The molecule has 2 heteroatoms. The van der Waals surface area contributed by atoms with Crippen LogP contribution in [0.25, 0.3) is 11.1 Å². The average molecular weight is 332 g/mol. The van der Waals surface area contributed by atoms with E-state index in [2.05, 4.69) is 46.7 Å². The van der Waals surface area contributed by atoms with Crippen LogP contribution in [0, 0.1) is 29.6 Å². The Morgan fingerprint density at radius 1 is 0.760 bits per heavy atom. The van der Waals surface area contributed by atoms with Gasteiger partial charge in [0.05, 0.1) is 0 Å². The van der Waals surface area contributed by atoms with E-state index in [9.17, 15) is 0 Å². The molecule has 0 aliphatic heterocycles. The summed E-state index contributed by atoms with van der Waals surface area (Å²) >= 11 is 0. The van der Waals surface area contributed by atoms with Crippen molar-refractivity contribution < 1.29 is 0 Å². The summed E-state index contributed by atoms with van der Waals surface area (Å²) in [5.41, 5.74) is 3.90. The van der Waals surface area contributed by atoms with Gasteiger partial charge in [-0.1, -0.05) is 24.3 Å². The number of nitrogens with zero attached hydrogens (tertiary/aromatic N) is 1. The molecule has 25 heavy (non-hydrogen) atoms. The highest BCUT2D eigenvalue weighted by Crippen LogP contribution is 2.56. The predicted octanol–water partition coefficient (Wildman–Crippen LogP) is 4.91. The zero-order chi connectivity index (χ0) is 16.6. The van der Waals surface area contributed by atoms with Crippen LogP contribution in [-0.2, 0) is 6.54 Å². The number of rotatable bonds is 5. The van der Waals surface area contributed by atoms with Crippen molar-refractivity contribution in [3.05, 3.63) is 54.4 Å². The molecule has 6 rings (SSSR count). The van der Waals surface area contributed by atoms with Gasteiger partial charge in [0.1, 0.15) is 0 Å². The van der Waals surface area contributed by atoms with Gasteiger partial charge in [0, 0.05) is 18.9 Å². The van der Waals surface area contributed by atoms with E-state index in [0.717, 1.165) is 36.1 Å². The van der Waals surface area contributed by atoms with E-state index < -0.39 is 0 Å². The first-order valence-electron chi connectivity index (χ1n) is 10.0. The van der Waals surface area contributed by atoms with Crippen molar-refractivity contribution in [3.8, 4) is 11.1 Å². The van der Waals surface area contributed by atoms with Gasteiger partial charge in [0.2, 0.25) is 0 Å². The monoisotopic (exact) mass is 332 g/mol. The van der Waals surface area contributed by atoms with Gasteiger partial charge in [-0.15, -0.1) is 0 Å². The summed E-state index contributed by atoms with van der Waals surface area (Å²) in [4.78, 5) is 4.09. The zero-order valence-corrected chi connectivity index (χ0v) is 14.9. The molecule has 1 N–H and O–H groups in total. The highest BCUT2D eigenvalue weighted by Gasteiger charge is 2.47. The minimum absolute atomic E-state index is 0.948.